The van der Waals surface area contributed by atoms with Gasteiger partial charge in [0.2, 0.25) is 0 Å². The van der Waals surface area contributed by atoms with Crippen molar-refractivity contribution < 1.29 is 23.1 Å². The first-order valence-electron chi connectivity index (χ1n) is 6.51. The molecule has 1 aliphatic rings. The van der Waals surface area contributed by atoms with E-state index >= 15 is 0 Å². The Labute approximate surface area is 115 Å². The minimum Gasteiger partial charge on any atom is -0.481 e. The highest BCUT2D eigenvalue weighted by Crippen LogP contribution is 2.35. The Morgan fingerprint density at radius 1 is 1.25 bits per heavy atom. The minimum absolute atomic E-state index is 0.127. The van der Waals surface area contributed by atoms with Crippen molar-refractivity contribution >= 4 is 5.97 Å². The second kappa shape index (κ2) is 5.83. The Kier molecular flexibility index (Phi) is 4.32. The predicted octanol–water partition coefficient (Wildman–Crippen LogP) is 2.97. The Morgan fingerprint density at radius 3 is 2.40 bits per heavy atom. The van der Waals surface area contributed by atoms with Gasteiger partial charge in [-0.15, -0.1) is 0 Å². The van der Waals surface area contributed by atoms with E-state index in [2.05, 4.69) is 0 Å². The summed E-state index contributed by atoms with van der Waals surface area (Å²) in [6, 6.07) is 4.93. The quantitative estimate of drug-likeness (QED) is 0.925. The van der Waals surface area contributed by atoms with Crippen LogP contribution in [-0.4, -0.2) is 35.6 Å². The van der Waals surface area contributed by atoms with Crippen molar-refractivity contribution in [3.63, 3.8) is 0 Å². The molecular weight excluding hydrogens is 271 g/mol. The van der Waals surface area contributed by atoms with E-state index in [0.717, 1.165) is 32.0 Å². The van der Waals surface area contributed by atoms with Crippen molar-refractivity contribution in [2.24, 2.45) is 0 Å². The molecule has 1 aliphatic heterocycles. The summed E-state index contributed by atoms with van der Waals surface area (Å²) in [5, 5.41) is 9.28. The highest BCUT2D eigenvalue weighted by molar-refractivity contribution is 5.77. The Morgan fingerprint density at radius 2 is 1.85 bits per heavy atom. The lowest BCUT2D eigenvalue weighted by Gasteiger charge is -2.23. The standard InChI is InChI=1S/C14H16F3NO2/c15-14(16,17)12-6-2-1-5-10(12)11(13(19)20)9-18-7-3-4-8-18/h1-2,5-6,11H,3-4,7-9H2,(H,19,20). The fraction of sp³-hybridized carbons (Fsp3) is 0.500. The Hall–Kier alpha value is -1.56. The number of carbonyl (C=O) groups is 1. The van der Waals surface area contributed by atoms with Crippen molar-refractivity contribution in [2.45, 2.75) is 24.9 Å². The van der Waals surface area contributed by atoms with Crippen molar-refractivity contribution in [1.82, 2.24) is 4.90 Å². The molecule has 0 aliphatic carbocycles. The van der Waals surface area contributed by atoms with Crippen LogP contribution in [0.4, 0.5) is 13.2 Å². The fourth-order valence-corrected chi connectivity index (χ4v) is 2.59. The van der Waals surface area contributed by atoms with Gasteiger partial charge in [-0.05, 0) is 37.6 Å². The highest BCUT2D eigenvalue weighted by atomic mass is 19.4. The third-order valence-electron chi connectivity index (χ3n) is 3.58. The molecule has 0 aromatic heterocycles. The highest BCUT2D eigenvalue weighted by Gasteiger charge is 2.37. The van der Waals surface area contributed by atoms with Gasteiger partial charge in [0.05, 0.1) is 11.5 Å². The smallest absolute Gasteiger partial charge is 0.416 e. The largest absolute Gasteiger partial charge is 0.481 e. The molecule has 1 N–H and O–H groups in total. The lowest BCUT2D eigenvalue weighted by atomic mass is 9.93. The number of carboxylic acid groups (broad SMARTS) is 1. The van der Waals surface area contributed by atoms with Crippen LogP contribution >= 0.6 is 0 Å². The average Bonchev–Trinajstić information content (AvgIpc) is 2.87. The molecule has 0 spiro atoms. The molecule has 1 aromatic carbocycles. The SMILES string of the molecule is O=C(O)C(CN1CCCC1)c1ccccc1C(F)(F)F. The van der Waals surface area contributed by atoms with Crippen LogP contribution in [0.5, 0.6) is 0 Å². The molecule has 1 atom stereocenters. The van der Waals surface area contributed by atoms with Crippen LogP contribution < -0.4 is 0 Å². The monoisotopic (exact) mass is 287 g/mol. The maximum atomic E-state index is 13.0. The van der Waals surface area contributed by atoms with E-state index in [1.807, 2.05) is 4.90 Å². The number of carboxylic acids is 1. The summed E-state index contributed by atoms with van der Waals surface area (Å²) in [5.74, 6) is -2.36. The molecule has 1 unspecified atom stereocenters. The summed E-state index contributed by atoms with van der Waals surface area (Å²) in [4.78, 5) is 13.3. The minimum atomic E-state index is -4.53. The first kappa shape index (κ1) is 14.8. The summed E-state index contributed by atoms with van der Waals surface area (Å²) >= 11 is 0. The van der Waals surface area contributed by atoms with Crippen LogP contribution in [0.3, 0.4) is 0 Å². The molecular formula is C14H16F3NO2. The van der Waals surface area contributed by atoms with E-state index in [4.69, 9.17) is 0 Å². The van der Waals surface area contributed by atoms with Gasteiger partial charge in [-0.3, -0.25) is 4.79 Å². The normalized spacial score (nSPS) is 18.1. The van der Waals surface area contributed by atoms with Crippen molar-refractivity contribution in [3.05, 3.63) is 35.4 Å². The zero-order valence-electron chi connectivity index (χ0n) is 10.9. The molecule has 0 amide bonds. The van der Waals surface area contributed by atoms with E-state index in [9.17, 15) is 23.1 Å². The number of aliphatic carboxylic acids is 1. The summed E-state index contributed by atoms with van der Waals surface area (Å²) in [6.07, 6.45) is -2.60. The van der Waals surface area contributed by atoms with Crippen molar-refractivity contribution in [3.8, 4) is 0 Å². The van der Waals surface area contributed by atoms with Gasteiger partial charge in [-0.25, -0.2) is 0 Å². The number of likely N-dealkylation sites (tertiary alicyclic amines) is 1. The van der Waals surface area contributed by atoms with E-state index < -0.39 is 23.6 Å². The summed E-state index contributed by atoms with van der Waals surface area (Å²) < 4.78 is 38.9. The third-order valence-corrected chi connectivity index (χ3v) is 3.58. The zero-order chi connectivity index (χ0) is 14.8. The summed E-state index contributed by atoms with van der Waals surface area (Å²) in [7, 11) is 0. The maximum absolute atomic E-state index is 13.0. The Balaban J connectivity index is 2.31. The van der Waals surface area contributed by atoms with E-state index in [-0.39, 0.29) is 12.1 Å². The van der Waals surface area contributed by atoms with Crippen LogP contribution in [0.15, 0.2) is 24.3 Å². The molecule has 1 aromatic rings. The molecule has 0 saturated carbocycles. The van der Waals surface area contributed by atoms with Crippen LogP contribution in [0, 0.1) is 0 Å². The van der Waals surface area contributed by atoms with Crippen LogP contribution in [0.1, 0.15) is 29.9 Å². The average molecular weight is 287 g/mol. The molecule has 0 bridgehead atoms. The van der Waals surface area contributed by atoms with Gasteiger partial charge in [0, 0.05) is 6.54 Å². The van der Waals surface area contributed by atoms with Crippen molar-refractivity contribution in [2.75, 3.05) is 19.6 Å². The molecule has 2 rings (SSSR count). The lowest BCUT2D eigenvalue weighted by molar-refractivity contribution is -0.141. The number of alkyl halides is 3. The van der Waals surface area contributed by atoms with Gasteiger partial charge in [-0.2, -0.15) is 13.2 Å². The molecule has 1 saturated heterocycles. The number of hydrogen-bond acceptors (Lipinski definition) is 2. The first-order chi connectivity index (χ1) is 9.39. The summed E-state index contributed by atoms with van der Waals surface area (Å²) in [6.45, 7) is 1.62. The van der Waals surface area contributed by atoms with Gasteiger partial charge in [-0.1, -0.05) is 18.2 Å². The molecule has 110 valence electrons. The first-order valence-corrected chi connectivity index (χ1v) is 6.51. The van der Waals surface area contributed by atoms with Crippen LogP contribution in [0.2, 0.25) is 0 Å². The second-order valence-corrected chi connectivity index (χ2v) is 4.98. The number of nitrogens with zero attached hydrogens (tertiary/aromatic N) is 1. The number of halogens is 3. The van der Waals surface area contributed by atoms with Gasteiger partial charge >= 0.3 is 12.1 Å². The number of benzene rings is 1. The van der Waals surface area contributed by atoms with Gasteiger partial charge in [0.15, 0.2) is 0 Å². The molecule has 1 heterocycles. The maximum Gasteiger partial charge on any atom is 0.416 e. The van der Waals surface area contributed by atoms with E-state index in [0.29, 0.717) is 0 Å². The molecule has 3 nitrogen and oxygen atoms in total. The second-order valence-electron chi connectivity index (χ2n) is 4.98. The molecule has 20 heavy (non-hydrogen) atoms. The predicted molar refractivity (Wildman–Crippen MR) is 67.5 cm³/mol. The topological polar surface area (TPSA) is 40.5 Å². The number of rotatable bonds is 4. The molecule has 0 radical (unpaired) electrons. The van der Waals surface area contributed by atoms with Crippen molar-refractivity contribution in [1.29, 1.82) is 0 Å². The van der Waals surface area contributed by atoms with Gasteiger partial charge in [0.25, 0.3) is 0 Å². The van der Waals surface area contributed by atoms with Crippen LogP contribution in [0.25, 0.3) is 0 Å². The lowest BCUT2D eigenvalue weighted by Crippen LogP contribution is -2.31. The van der Waals surface area contributed by atoms with Gasteiger partial charge in [0.1, 0.15) is 0 Å². The Bertz CT molecular complexity index is 482. The van der Waals surface area contributed by atoms with Crippen LogP contribution in [-0.2, 0) is 11.0 Å². The fourth-order valence-electron chi connectivity index (χ4n) is 2.59. The zero-order valence-corrected chi connectivity index (χ0v) is 10.9. The van der Waals surface area contributed by atoms with E-state index in [1.165, 1.54) is 18.2 Å². The summed E-state index contributed by atoms with van der Waals surface area (Å²) in [5.41, 5.74) is -1.01. The third kappa shape index (κ3) is 3.30. The number of hydrogen-bond donors (Lipinski definition) is 1. The molecule has 1 fully saturated rings. The van der Waals surface area contributed by atoms with Gasteiger partial charge < -0.3 is 10.0 Å². The van der Waals surface area contributed by atoms with E-state index in [1.54, 1.807) is 0 Å². The molecule has 6 heteroatoms.